The molecular weight excluding hydrogens is 288 g/mol. The largest absolute Gasteiger partial charge is 0.370 e. The van der Waals surface area contributed by atoms with Crippen LogP contribution in [-0.2, 0) is 0 Å². The summed E-state index contributed by atoms with van der Waals surface area (Å²) >= 11 is 0. The van der Waals surface area contributed by atoms with Crippen molar-refractivity contribution < 1.29 is 4.52 Å². The van der Waals surface area contributed by atoms with Crippen molar-refractivity contribution in [1.82, 2.24) is 15.1 Å². The molecular formula is C18H20N4O. The van der Waals surface area contributed by atoms with Gasteiger partial charge in [0.1, 0.15) is 5.82 Å². The molecule has 3 rings (SSSR count). The Hall–Kier alpha value is -2.69. The number of hydrogen-bond acceptors (Lipinski definition) is 5. The molecule has 0 aliphatic carbocycles. The highest BCUT2D eigenvalue weighted by Crippen LogP contribution is 2.22. The predicted molar refractivity (Wildman–Crippen MR) is 90.9 cm³/mol. The molecule has 0 saturated carbocycles. The molecule has 1 N–H and O–H groups in total. The summed E-state index contributed by atoms with van der Waals surface area (Å²) < 4.78 is 5.34. The smallest absolute Gasteiger partial charge is 0.259 e. The minimum Gasteiger partial charge on any atom is -0.370 e. The number of nitrogens with zero attached hydrogens (tertiary/aromatic N) is 3. The van der Waals surface area contributed by atoms with Crippen LogP contribution in [0.4, 0.5) is 5.82 Å². The standard InChI is InChI=1S/C18H20N4O/c1-13(2)10-11-19-16-9-8-15(12-20-16)18-21-17(22-23-18)14-6-4-3-5-7-14/h3-9,12-13H,10-11H2,1-2H3,(H,19,20). The zero-order chi connectivity index (χ0) is 16.1. The highest BCUT2D eigenvalue weighted by Gasteiger charge is 2.10. The number of aromatic nitrogens is 3. The van der Waals surface area contributed by atoms with E-state index in [4.69, 9.17) is 4.52 Å². The molecule has 1 aromatic carbocycles. The Balaban J connectivity index is 1.69. The van der Waals surface area contributed by atoms with Crippen LogP contribution in [0.25, 0.3) is 22.8 Å². The van der Waals surface area contributed by atoms with Gasteiger partial charge in [0.05, 0.1) is 5.56 Å². The van der Waals surface area contributed by atoms with Crippen molar-refractivity contribution in [2.45, 2.75) is 20.3 Å². The molecule has 0 bridgehead atoms. The molecule has 0 atom stereocenters. The van der Waals surface area contributed by atoms with Gasteiger partial charge in [-0.1, -0.05) is 49.3 Å². The van der Waals surface area contributed by atoms with E-state index in [9.17, 15) is 0 Å². The molecule has 0 radical (unpaired) electrons. The minimum absolute atomic E-state index is 0.477. The number of nitrogens with one attached hydrogen (secondary N) is 1. The summed E-state index contributed by atoms with van der Waals surface area (Å²) in [6, 6.07) is 13.6. The highest BCUT2D eigenvalue weighted by molar-refractivity contribution is 5.59. The van der Waals surface area contributed by atoms with Crippen molar-refractivity contribution in [3.8, 4) is 22.8 Å². The molecule has 0 saturated heterocycles. The molecule has 118 valence electrons. The second-order valence-corrected chi connectivity index (χ2v) is 5.83. The van der Waals surface area contributed by atoms with Gasteiger partial charge in [0.25, 0.3) is 5.89 Å². The Morgan fingerprint density at radius 2 is 1.87 bits per heavy atom. The molecule has 5 heteroatoms. The highest BCUT2D eigenvalue weighted by atomic mass is 16.5. The summed E-state index contributed by atoms with van der Waals surface area (Å²) in [5, 5.41) is 7.33. The number of pyridine rings is 1. The van der Waals surface area contributed by atoms with E-state index in [1.54, 1.807) is 6.20 Å². The first kappa shape index (κ1) is 15.2. The van der Waals surface area contributed by atoms with Crippen LogP contribution in [0.3, 0.4) is 0 Å². The van der Waals surface area contributed by atoms with Crippen molar-refractivity contribution in [2.24, 2.45) is 5.92 Å². The minimum atomic E-state index is 0.477. The van der Waals surface area contributed by atoms with Gasteiger partial charge in [0, 0.05) is 18.3 Å². The van der Waals surface area contributed by atoms with E-state index in [0.29, 0.717) is 17.6 Å². The Morgan fingerprint density at radius 1 is 1.04 bits per heavy atom. The van der Waals surface area contributed by atoms with Crippen molar-refractivity contribution in [2.75, 3.05) is 11.9 Å². The molecule has 3 aromatic rings. The number of hydrogen-bond donors (Lipinski definition) is 1. The quantitative estimate of drug-likeness (QED) is 0.737. The average Bonchev–Trinajstić information content (AvgIpc) is 3.06. The molecule has 0 fully saturated rings. The van der Waals surface area contributed by atoms with Gasteiger partial charge < -0.3 is 9.84 Å². The van der Waals surface area contributed by atoms with Crippen molar-refractivity contribution in [3.63, 3.8) is 0 Å². The summed E-state index contributed by atoms with van der Waals surface area (Å²) in [4.78, 5) is 8.82. The first-order valence-corrected chi connectivity index (χ1v) is 7.82. The fourth-order valence-corrected chi connectivity index (χ4v) is 2.16. The van der Waals surface area contributed by atoms with Crippen LogP contribution < -0.4 is 5.32 Å². The van der Waals surface area contributed by atoms with Crippen LogP contribution in [0.2, 0.25) is 0 Å². The predicted octanol–water partition coefficient (Wildman–Crippen LogP) is 4.26. The first-order chi connectivity index (χ1) is 11.2. The van der Waals surface area contributed by atoms with E-state index in [-0.39, 0.29) is 0 Å². The van der Waals surface area contributed by atoms with Crippen LogP contribution in [0.15, 0.2) is 53.2 Å². The second-order valence-electron chi connectivity index (χ2n) is 5.83. The first-order valence-electron chi connectivity index (χ1n) is 7.82. The Bertz CT molecular complexity index is 735. The van der Waals surface area contributed by atoms with Crippen molar-refractivity contribution in [3.05, 3.63) is 48.7 Å². The zero-order valence-corrected chi connectivity index (χ0v) is 13.4. The van der Waals surface area contributed by atoms with Gasteiger partial charge in [-0.3, -0.25) is 0 Å². The Labute approximate surface area is 135 Å². The van der Waals surface area contributed by atoms with E-state index < -0.39 is 0 Å². The second kappa shape index (κ2) is 7.05. The Morgan fingerprint density at radius 3 is 2.57 bits per heavy atom. The molecule has 0 aliphatic rings. The van der Waals surface area contributed by atoms with Gasteiger partial charge >= 0.3 is 0 Å². The number of rotatable bonds is 6. The third-order valence-corrected chi connectivity index (χ3v) is 3.50. The van der Waals surface area contributed by atoms with E-state index in [0.717, 1.165) is 29.9 Å². The molecule has 0 aliphatic heterocycles. The summed E-state index contributed by atoms with van der Waals surface area (Å²) in [6.45, 7) is 5.33. The molecule has 0 unspecified atom stereocenters. The van der Waals surface area contributed by atoms with Gasteiger partial charge in [0.2, 0.25) is 5.82 Å². The fraction of sp³-hybridized carbons (Fsp3) is 0.278. The SMILES string of the molecule is CC(C)CCNc1ccc(-c2nc(-c3ccccc3)no2)cn1. The maximum atomic E-state index is 5.34. The van der Waals surface area contributed by atoms with Gasteiger partial charge in [-0.05, 0) is 24.5 Å². The average molecular weight is 308 g/mol. The van der Waals surface area contributed by atoms with Gasteiger partial charge in [-0.2, -0.15) is 4.98 Å². The summed E-state index contributed by atoms with van der Waals surface area (Å²) in [5.74, 6) is 2.60. The van der Waals surface area contributed by atoms with Gasteiger partial charge in [-0.25, -0.2) is 4.98 Å². The molecule has 0 amide bonds. The third-order valence-electron chi connectivity index (χ3n) is 3.50. The molecule has 5 nitrogen and oxygen atoms in total. The summed E-state index contributed by atoms with van der Waals surface area (Å²) in [5.41, 5.74) is 1.75. The molecule has 2 aromatic heterocycles. The van der Waals surface area contributed by atoms with Crippen molar-refractivity contribution in [1.29, 1.82) is 0 Å². The summed E-state index contributed by atoms with van der Waals surface area (Å²) in [7, 11) is 0. The van der Waals surface area contributed by atoms with Crippen LogP contribution in [0.1, 0.15) is 20.3 Å². The topological polar surface area (TPSA) is 63.8 Å². The van der Waals surface area contributed by atoms with E-state index in [1.807, 2.05) is 42.5 Å². The molecule has 2 heterocycles. The normalized spacial score (nSPS) is 10.9. The maximum absolute atomic E-state index is 5.34. The van der Waals surface area contributed by atoms with Crippen LogP contribution in [0, 0.1) is 5.92 Å². The lowest BCUT2D eigenvalue weighted by Crippen LogP contribution is -2.05. The number of anilines is 1. The lowest BCUT2D eigenvalue weighted by atomic mass is 10.1. The van der Waals surface area contributed by atoms with E-state index >= 15 is 0 Å². The molecule has 23 heavy (non-hydrogen) atoms. The van der Waals surface area contributed by atoms with Crippen molar-refractivity contribution >= 4 is 5.82 Å². The monoisotopic (exact) mass is 308 g/mol. The van der Waals surface area contributed by atoms with Crippen LogP contribution in [0.5, 0.6) is 0 Å². The van der Waals surface area contributed by atoms with Gasteiger partial charge in [-0.15, -0.1) is 0 Å². The Kier molecular flexibility index (Phi) is 4.66. The van der Waals surface area contributed by atoms with Crippen LogP contribution >= 0.6 is 0 Å². The third kappa shape index (κ3) is 3.94. The van der Waals surface area contributed by atoms with E-state index in [1.165, 1.54) is 0 Å². The summed E-state index contributed by atoms with van der Waals surface area (Å²) in [6.07, 6.45) is 2.87. The van der Waals surface area contributed by atoms with E-state index in [2.05, 4.69) is 34.3 Å². The maximum Gasteiger partial charge on any atom is 0.259 e. The lowest BCUT2D eigenvalue weighted by molar-refractivity contribution is 0.432. The van der Waals surface area contributed by atoms with Crippen LogP contribution in [-0.4, -0.2) is 21.7 Å². The fourth-order valence-electron chi connectivity index (χ4n) is 2.16. The zero-order valence-electron chi connectivity index (χ0n) is 13.4. The van der Waals surface area contributed by atoms with Gasteiger partial charge in [0.15, 0.2) is 0 Å². The lowest BCUT2D eigenvalue weighted by Gasteiger charge is -2.07. The number of benzene rings is 1. The molecule has 0 spiro atoms.